The van der Waals surface area contributed by atoms with Gasteiger partial charge in [-0.3, -0.25) is 9.79 Å². The molecule has 3 N–H and O–H groups in total. The lowest BCUT2D eigenvalue weighted by Crippen LogP contribution is -2.44. The molecule has 3 aromatic rings. The van der Waals surface area contributed by atoms with Gasteiger partial charge in [-0.1, -0.05) is 0 Å². The molecule has 2 aliphatic rings. The van der Waals surface area contributed by atoms with Crippen LogP contribution in [0.1, 0.15) is 31.2 Å². The molecule has 0 saturated carbocycles. The number of likely N-dealkylation sites (N-methyl/N-ethyl adjacent to an activating group) is 1. The lowest BCUT2D eigenvalue weighted by Gasteiger charge is -2.35. The number of piperazine rings is 1. The zero-order valence-electron chi connectivity index (χ0n) is 22.1. The van der Waals surface area contributed by atoms with E-state index in [0.717, 1.165) is 56.9 Å². The molecule has 1 saturated heterocycles. The fraction of sp³-hybridized carbons (Fsp3) is 0.481. The van der Waals surface area contributed by atoms with Crippen LogP contribution in [0.4, 0.5) is 17.2 Å². The average molecular weight is 521 g/mol. The maximum atomic E-state index is 12.6. The van der Waals surface area contributed by atoms with Gasteiger partial charge in [-0.2, -0.15) is 0 Å². The SMILES string of the molecule is CN1CCN(c2ccc3cc2OCCCCC(=O)N(C)CCCNc2ncnc4[nH]c(O)c(c24)C=N3)CC1. The molecule has 11 nitrogen and oxygen atoms in total. The Hall–Kier alpha value is -3.86. The highest BCUT2D eigenvalue weighted by molar-refractivity contribution is 6.06. The Morgan fingerprint density at radius 3 is 2.71 bits per heavy atom. The molecule has 4 heterocycles. The van der Waals surface area contributed by atoms with Crippen LogP contribution in [0, 0.1) is 0 Å². The number of benzene rings is 1. The Balaban J connectivity index is 1.48. The molecule has 2 bridgehead atoms. The number of fused-ring (bicyclic) bond motifs is 2. The van der Waals surface area contributed by atoms with Crippen molar-refractivity contribution in [3.8, 4) is 11.6 Å². The first-order valence-electron chi connectivity index (χ1n) is 13.3. The van der Waals surface area contributed by atoms with E-state index in [1.165, 1.54) is 6.33 Å². The number of hydrogen-bond acceptors (Lipinski definition) is 9. The molecule has 1 aromatic carbocycles. The fourth-order valence-corrected chi connectivity index (χ4v) is 4.84. The molecule has 38 heavy (non-hydrogen) atoms. The smallest absolute Gasteiger partial charge is 0.222 e. The van der Waals surface area contributed by atoms with Crippen LogP contribution in [0.3, 0.4) is 0 Å². The molecule has 2 aromatic heterocycles. The minimum Gasteiger partial charge on any atom is -0.494 e. The highest BCUT2D eigenvalue weighted by Gasteiger charge is 2.19. The Kier molecular flexibility index (Phi) is 7.92. The Labute approximate surface area is 222 Å². The van der Waals surface area contributed by atoms with E-state index < -0.39 is 0 Å². The molecule has 0 radical (unpaired) electrons. The lowest BCUT2D eigenvalue weighted by atomic mass is 10.2. The van der Waals surface area contributed by atoms with Crippen molar-refractivity contribution in [2.75, 3.05) is 70.2 Å². The molecule has 11 heteroatoms. The number of amides is 1. The van der Waals surface area contributed by atoms with Gasteiger partial charge in [-0.15, -0.1) is 0 Å². The molecule has 1 fully saturated rings. The van der Waals surface area contributed by atoms with Crippen LogP contribution >= 0.6 is 0 Å². The first-order chi connectivity index (χ1) is 18.5. The van der Waals surface area contributed by atoms with Gasteiger partial charge in [-0.05, 0) is 38.4 Å². The molecule has 0 unspecified atom stereocenters. The number of aromatic hydroxyl groups is 1. The van der Waals surface area contributed by atoms with Gasteiger partial charge >= 0.3 is 0 Å². The van der Waals surface area contributed by atoms with E-state index in [0.29, 0.717) is 54.2 Å². The first-order valence-corrected chi connectivity index (χ1v) is 13.3. The largest absolute Gasteiger partial charge is 0.494 e. The molecule has 2 aliphatic heterocycles. The van der Waals surface area contributed by atoms with E-state index in [2.05, 4.69) is 48.2 Å². The van der Waals surface area contributed by atoms with Crippen molar-refractivity contribution in [1.82, 2.24) is 24.8 Å². The predicted octanol–water partition coefficient (Wildman–Crippen LogP) is 2.99. The molecular formula is C27H36N8O3. The van der Waals surface area contributed by atoms with Crippen molar-refractivity contribution in [1.29, 1.82) is 0 Å². The van der Waals surface area contributed by atoms with E-state index in [1.807, 2.05) is 19.2 Å². The Morgan fingerprint density at radius 2 is 1.87 bits per heavy atom. The van der Waals surface area contributed by atoms with Gasteiger partial charge in [0.15, 0.2) is 5.88 Å². The van der Waals surface area contributed by atoms with Crippen LogP contribution in [0.15, 0.2) is 29.5 Å². The highest BCUT2D eigenvalue weighted by atomic mass is 16.5. The van der Waals surface area contributed by atoms with Gasteiger partial charge in [-0.25, -0.2) is 9.97 Å². The summed E-state index contributed by atoms with van der Waals surface area (Å²) >= 11 is 0. The second-order valence-corrected chi connectivity index (χ2v) is 9.93. The molecule has 0 spiro atoms. The van der Waals surface area contributed by atoms with Crippen LogP contribution in [0.5, 0.6) is 11.6 Å². The lowest BCUT2D eigenvalue weighted by molar-refractivity contribution is -0.130. The molecule has 0 atom stereocenters. The number of nitrogens with one attached hydrogen (secondary N) is 2. The van der Waals surface area contributed by atoms with Crippen LogP contribution in [-0.4, -0.2) is 102 Å². The molecule has 0 aliphatic carbocycles. The number of H-pyrrole nitrogens is 1. The number of ether oxygens (including phenoxy) is 1. The van der Waals surface area contributed by atoms with Crippen LogP contribution in [-0.2, 0) is 4.79 Å². The van der Waals surface area contributed by atoms with Crippen LogP contribution in [0.2, 0.25) is 0 Å². The van der Waals surface area contributed by atoms with E-state index in [9.17, 15) is 9.90 Å². The minimum absolute atomic E-state index is 0.0194. The van der Waals surface area contributed by atoms with Gasteiger partial charge in [0.05, 0.1) is 28.9 Å². The molecule has 5 rings (SSSR count). The van der Waals surface area contributed by atoms with Crippen molar-refractivity contribution < 1.29 is 14.6 Å². The summed E-state index contributed by atoms with van der Waals surface area (Å²) in [6.07, 6.45) is 5.92. The predicted molar refractivity (Wildman–Crippen MR) is 149 cm³/mol. The van der Waals surface area contributed by atoms with E-state index in [-0.39, 0.29) is 11.8 Å². The van der Waals surface area contributed by atoms with Gasteiger partial charge < -0.3 is 34.8 Å². The maximum absolute atomic E-state index is 12.6. The molecular weight excluding hydrogens is 484 g/mol. The van der Waals surface area contributed by atoms with Crippen molar-refractivity contribution in [3.05, 3.63) is 30.1 Å². The number of nitrogens with zero attached hydrogens (tertiary/aromatic N) is 6. The number of aromatic nitrogens is 3. The summed E-state index contributed by atoms with van der Waals surface area (Å²) < 4.78 is 6.27. The van der Waals surface area contributed by atoms with Gasteiger partial charge in [0, 0.05) is 65.0 Å². The number of rotatable bonds is 1. The fourth-order valence-electron chi connectivity index (χ4n) is 4.84. The zero-order valence-corrected chi connectivity index (χ0v) is 22.1. The monoisotopic (exact) mass is 520 g/mol. The molecule has 202 valence electrons. The van der Waals surface area contributed by atoms with Crippen LogP contribution in [0.25, 0.3) is 11.0 Å². The third-order valence-electron chi connectivity index (χ3n) is 7.17. The van der Waals surface area contributed by atoms with Gasteiger partial charge in [0.1, 0.15) is 23.5 Å². The van der Waals surface area contributed by atoms with Crippen LogP contribution < -0.4 is 15.0 Å². The second-order valence-electron chi connectivity index (χ2n) is 9.93. The number of carbonyl (C=O) groups excluding carboxylic acids is 1. The quantitative estimate of drug-likeness (QED) is 0.448. The van der Waals surface area contributed by atoms with Crippen molar-refractivity contribution in [2.45, 2.75) is 25.7 Å². The number of hydrogen-bond donors (Lipinski definition) is 3. The summed E-state index contributed by atoms with van der Waals surface area (Å²) in [4.78, 5) is 35.3. The van der Waals surface area contributed by atoms with Gasteiger partial charge in [0.25, 0.3) is 0 Å². The summed E-state index contributed by atoms with van der Waals surface area (Å²) in [7, 11) is 3.98. The number of aliphatic imine (C=N–C) groups is 1. The standard InChI is InChI=1S/C27H36N8O3/c1-33-11-13-35(14-12-33)21-8-7-19-16-22(21)38-15-4-3-6-23(36)34(2)10-5-9-28-25-24-20(17-29-19)27(37)32-26(24)31-18-30-25/h7-8,16-18,37H,3-6,9-15H2,1-2H3,(H2,28,30,31,32). The zero-order chi connectivity index (χ0) is 26.5. The summed E-state index contributed by atoms with van der Waals surface area (Å²) in [5.41, 5.74) is 2.80. The van der Waals surface area contributed by atoms with E-state index >= 15 is 0 Å². The maximum Gasteiger partial charge on any atom is 0.222 e. The third-order valence-corrected chi connectivity index (χ3v) is 7.17. The normalized spacial score (nSPS) is 18.4. The summed E-state index contributed by atoms with van der Waals surface area (Å²) in [6, 6.07) is 5.97. The minimum atomic E-state index is -0.0194. The Bertz CT molecular complexity index is 1300. The average Bonchev–Trinajstić information content (AvgIpc) is 3.25. The molecule has 1 amide bonds. The van der Waals surface area contributed by atoms with E-state index in [4.69, 9.17) is 4.74 Å². The van der Waals surface area contributed by atoms with Gasteiger partial charge in [0.2, 0.25) is 5.91 Å². The van der Waals surface area contributed by atoms with Crippen molar-refractivity contribution in [3.63, 3.8) is 0 Å². The summed E-state index contributed by atoms with van der Waals surface area (Å²) in [6.45, 7) is 5.63. The highest BCUT2D eigenvalue weighted by Crippen LogP contribution is 2.34. The van der Waals surface area contributed by atoms with Crippen molar-refractivity contribution >= 4 is 40.3 Å². The Morgan fingerprint density at radius 1 is 1.03 bits per heavy atom. The first kappa shape index (κ1) is 25.8. The summed E-state index contributed by atoms with van der Waals surface area (Å²) in [5, 5.41) is 14.6. The number of carbonyl (C=O) groups is 1. The van der Waals surface area contributed by atoms with Crippen molar-refractivity contribution in [2.24, 2.45) is 4.99 Å². The van der Waals surface area contributed by atoms with E-state index in [1.54, 1.807) is 11.1 Å². The number of aromatic amines is 1. The number of anilines is 2. The second kappa shape index (κ2) is 11.7. The topological polar surface area (TPSA) is 122 Å². The summed E-state index contributed by atoms with van der Waals surface area (Å²) in [5.74, 6) is 1.50. The third kappa shape index (κ3) is 5.83.